The average molecular weight is 586 g/mol. The predicted octanol–water partition coefficient (Wildman–Crippen LogP) is 2.65. The van der Waals surface area contributed by atoms with Crippen molar-refractivity contribution in [2.75, 3.05) is 27.2 Å². The number of nitrogens with one attached hydrogen (secondary N) is 5. The molecule has 1 aliphatic heterocycles. The van der Waals surface area contributed by atoms with Gasteiger partial charge in [-0.1, -0.05) is 12.1 Å². The summed E-state index contributed by atoms with van der Waals surface area (Å²) in [6.07, 6.45) is 3.23. The number of carbonyl (C=O) groups is 3. The van der Waals surface area contributed by atoms with Crippen LogP contribution in [0.15, 0.2) is 36.4 Å². The Bertz CT molecular complexity index is 1380. The van der Waals surface area contributed by atoms with Crippen molar-refractivity contribution in [1.29, 1.82) is 10.7 Å². The topological polar surface area (TPSA) is 150 Å². The SMILES string of the molecule is CNC(=O)c1ccc2c(c1)CCc1cc(C(=O)NC)ccc1C2(C[C@@H](C)NCC(=O)N1CCCC1C#N)C(=N)NC(C)C. The Morgan fingerprint density at radius 3 is 2.05 bits per heavy atom. The molecule has 1 heterocycles. The maximum absolute atomic E-state index is 13.1. The predicted molar refractivity (Wildman–Crippen MR) is 166 cm³/mol. The van der Waals surface area contributed by atoms with Crippen molar-refractivity contribution in [3.05, 3.63) is 69.8 Å². The van der Waals surface area contributed by atoms with Crippen LogP contribution in [0.1, 0.15) is 83.0 Å². The fourth-order valence-electron chi connectivity index (χ4n) is 6.52. The lowest BCUT2D eigenvalue weighted by molar-refractivity contribution is -0.130. The summed E-state index contributed by atoms with van der Waals surface area (Å²) in [5.74, 6) is -0.152. The van der Waals surface area contributed by atoms with Crippen LogP contribution in [0.2, 0.25) is 0 Å². The molecule has 1 aliphatic carbocycles. The van der Waals surface area contributed by atoms with Crippen LogP contribution >= 0.6 is 0 Å². The number of likely N-dealkylation sites (tertiary alicyclic amines) is 1. The molecule has 2 atom stereocenters. The highest BCUT2D eigenvalue weighted by atomic mass is 16.2. The number of hydrogen-bond donors (Lipinski definition) is 5. The fraction of sp³-hybridized carbons (Fsp3) is 0.485. The zero-order chi connectivity index (χ0) is 31.3. The van der Waals surface area contributed by atoms with Gasteiger partial charge in [-0.2, -0.15) is 5.26 Å². The second-order valence-electron chi connectivity index (χ2n) is 11.8. The first kappa shape index (κ1) is 31.7. The monoisotopic (exact) mass is 585 g/mol. The zero-order valence-corrected chi connectivity index (χ0v) is 25.8. The first-order valence-corrected chi connectivity index (χ1v) is 15.0. The van der Waals surface area contributed by atoms with Gasteiger partial charge in [-0.05, 0) is 99.4 Å². The van der Waals surface area contributed by atoms with Crippen LogP contribution in [0.4, 0.5) is 0 Å². The van der Waals surface area contributed by atoms with Gasteiger partial charge in [0.1, 0.15) is 11.9 Å². The van der Waals surface area contributed by atoms with Gasteiger partial charge in [-0.3, -0.25) is 19.8 Å². The van der Waals surface area contributed by atoms with Gasteiger partial charge in [0.25, 0.3) is 11.8 Å². The number of rotatable bonds is 9. The van der Waals surface area contributed by atoms with Crippen molar-refractivity contribution >= 4 is 23.6 Å². The molecule has 0 saturated carbocycles. The van der Waals surface area contributed by atoms with Crippen LogP contribution in [0.25, 0.3) is 0 Å². The minimum absolute atomic E-state index is 0.0160. The molecule has 10 nitrogen and oxygen atoms in total. The van der Waals surface area contributed by atoms with E-state index in [4.69, 9.17) is 0 Å². The van der Waals surface area contributed by atoms with Crippen LogP contribution in [0.3, 0.4) is 0 Å². The van der Waals surface area contributed by atoms with E-state index in [1.165, 1.54) is 0 Å². The van der Waals surface area contributed by atoms with E-state index >= 15 is 0 Å². The number of amides is 3. The van der Waals surface area contributed by atoms with E-state index in [9.17, 15) is 25.1 Å². The Hall–Kier alpha value is -4.23. The van der Waals surface area contributed by atoms with Crippen LogP contribution in [-0.2, 0) is 23.1 Å². The molecule has 3 amide bonds. The van der Waals surface area contributed by atoms with Crippen molar-refractivity contribution in [1.82, 2.24) is 26.2 Å². The molecule has 2 aromatic carbocycles. The Morgan fingerprint density at radius 1 is 1.00 bits per heavy atom. The molecular weight excluding hydrogens is 542 g/mol. The molecule has 0 aromatic heterocycles. The summed E-state index contributed by atoms with van der Waals surface area (Å²) in [6.45, 7) is 6.66. The van der Waals surface area contributed by atoms with E-state index < -0.39 is 5.41 Å². The third kappa shape index (κ3) is 6.42. The highest BCUT2D eigenvalue weighted by Crippen LogP contribution is 2.44. The zero-order valence-electron chi connectivity index (χ0n) is 25.8. The van der Waals surface area contributed by atoms with Crippen LogP contribution in [-0.4, -0.2) is 73.8 Å². The number of aryl methyl sites for hydroxylation is 2. The summed E-state index contributed by atoms with van der Waals surface area (Å²) in [6, 6.07) is 13.0. The summed E-state index contributed by atoms with van der Waals surface area (Å²) in [4.78, 5) is 39.9. The first-order chi connectivity index (χ1) is 20.5. The van der Waals surface area contributed by atoms with Crippen molar-refractivity contribution in [3.8, 4) is 6.07 Å². The Balaban J connectivity index is 1.82. The van der Waals surface area contributed by atoms with E-state index in [2.05, 4.69) is 27.3 Å². The highest BCUT2D eigenvalue weighted by Gasteiger charge is 2.45. The molecular formula is C33H43N7O3. The first-order valence-electron chi connectivity index (χ1n) is 15.0. The molecule has 1 saturated heterocycles. The van der Waals surface area contributed by atoms with Gasteiger partial charge < -0.3 is 26.2 Å². The molecule has 2 aromatic rings. The Morgan fingerprint density at radius 2 is 1.56 bits per heavy atom. The molecule has 1 unspecified atom stereocenters. The number of fused-ring (bicyclic) bond motifs is 2. The van der Waals surface area contributed by atoms with Crippen LogP contribution in [0.5, 0.6) is 0 Å². The summed E-state index contributed by atoms with van der Waals surface area (Å²) in [5.41, 5.74) is 3.92. The van der Waals surface area contributed by atoms with Crippen molar-refractivity contribution < 1.29 is 14.4 Å². The lowest BCUT2D eigenvalue weighted by atomic mass is 9.67. The summed E-state index contributed by atoms with van der Waals surface area (Å²) >= 11 is 0. The standard InChI is InChI=1S/C33H43N7O3/c1-20(2)39-32(35)33(17-21(3)38-19-29(41)40-14-6-7-26(40)18-34)27-12-10-24(30(42)36-4)15-22(27)8-9-23-16-25(31(43)37-5)11-13-28(23)33/h10-13,15-16,20-21,26,38H,6-9,14,17,19H2,1-5H3,(H2,35,39)(H,36,42)(H,37,43)/t21-,26?/m1/s1. The number of nitrogens with zero attached hydrogens (tertiary/aromatic N) is 2. The molecule has 0 bridgehead atoms. The summed E-state index contributed by atoms with van der Waals surface area (Å²) < 4.78 is 0. The van der Waals surface area contributed by atoms with Gasteiger partial charge in [0, 0.05) is 43.9 Å². The van der Waals surface area contributed by atoms with Gasteiger partial charge in [-0.15, -0.1) is 0 Å². The second kappa shape index (κ2) is 13.4. The molecule has 4 rings (SSSR count). The van der Waals surface area contributed by atoms with Crippen molar-refractivity contribution in [2.24, 2.45) is 0 Å². The van der Waals surface area contributed by atoms with Crippen molar-refractivity contribution in [2.45, 2.75) is 76.4 Å². The lowest BCUT2D eigenvalue weighted by Gasteiger charge is -2.40. The smallest absolute Gasteiger partial charge is 0.251 e. The van der Waals surface area contributed by atoms with E-state index in [-0.39, 0.29) is 42.4 Å². The van der Waals surface area contributed by atoms with Gasteiger partial charge in [0.2, 0.25) is 5.91 Å². The molecule has 5 N–H and O–H groups in total. The maximum atomic E-state index is 13.1. The summed E-state index contributed by atoms with van der Waals surface area (Å²) in [5, 5.41) is 31.2. The number of nitriles is 1. The van der Waals surface area contributed by atoms with E-state index in [1.54, 1.807) is 31.1 Å². The Kier molecular flexibility index (Phi) is 9.87. The third-order valence-electron chi connectivity index (χ3n) is 8.57. The van der Waals surface area contributed by atoms with Gasteiger partial charge in [-0.25, -0.2) is 0 Å². The van der Waals surface area contributed by atoms with E-state index in [0.29, 0.717) is 49.2 Å². The van der Waals surface area contributed by atoms with Gasteiger partial charge in [0.05, 0.1) is 18.0 Å². The molecule has 2 aliphatic rings. The molecule has 0 spiro atoms. The van der Waals surface area contributed by atoms with Crippen LogP contribution < -0.4 is 21.3 Å². The lowest BCUT2D eigenvalue weighted by Crippen LogP contribution is -2.51. The van der Waals surface area contributed by atoms with E-state index in [0.717, 1.165) is 28.7 Å². The number of carbonyl (C=O) groups excluding carboxylic acids is 3. The Labute approximate surface area is 254 Å². The average Bonchev–Trinajstić information content (AvgIpc) is 3.44. The molecule has 43 heavy (non-hydrogen) atoms. The molecule has 1 fully saturated rings. The third-order valence-corrected chi connectivity index (χ3v) is 8.57. The molecule has 10 heteroatoms. The van der Waals surface area contributed by atoms with Crippen molar-refractivity contribution in [3.63, 3.8) is 0 Å². The largest absolute Gasteiger partial charge is 0.371 e. The minimum atomic E-state index is -0.952. The quantitative estimate of drug-likeness (QED) is 0.226. The van der Waals surface area contributed by atoms with Gasteiger partial charge in [0.15, 0.2) is 0 Å². The number of hydrogen-bond acceptors (Lipinski definition) is 6. The second-order valence-corrected chi connectivity index (χ2v) is 11.8. The maximum Gasteiger partial charge on any atom is 0.251 e. The fourth-order valence-corrected chi connectivity index (χ4v) is 6.52. The minimum Gasteiger partial charge on any atom is -0.371 e. The summed E-state index contributed by atoms with van der Waals surface area (Å²) in [7, 11) is 3.21. The van der Waals surface area contributed by atoms with Crippen LogP contribution in [0, 0.1) is 16.7 Å². The normalized spacial score (nSPS) is 17.6. The molecule has 0 radical (unpaired) electrons. The number of benzene rings is 2. The van der Waals surface area contributed by atoms with Gasteiger partial charge >= 0.3 is 0 Å². The number of amidine groups is 1. The molecule has 228 valence electrons. The van der Waals surface area contributed by atoms with E-state index in [1.807, 2.05) is 45.0 Å². The highest BCUT2D eigenvalue weighted by molar-refractivity contribution is 5.99.